The zero-order chi connectivity index (χ0) is 25.5. The molecular formula is C25H30N8O3. The Labute approximate surface area is 209 Å². The second-order valence-corrected chi connectivity index (χ2v) is 8.72. The van der Waals surface area contributed by atoms with E-state index < -0.39 is 0 Å². The van der Waals surface area contributed by atoms with Crippen LogP contribution in [0.3, 0.4) is 0 Å². The van der Waals surface area contributed by atoms with Crippen LogP contribution < -0.4 is 26.0 Å². The lowest BCUT2D eigenvalue weighted by Gasteiger charge is -2.39. The summed E-state index contributed by atoms with van der Waals surface area (Å²) in [7, 11) is 1.94. The maximum Gasteiger partial charge on any atom is 0.331 e. The summed E-state index contributed by atoms with van der Waals surface area (Å²) < 4.78 is 6.91. The monoisotopic (exact) mass is 490 g/mol. The fourth-order valence-corrected chi connectivity index (χ4v) is 4.58. The summed E-state index contributed by atoms with van der Waals surface area (Å²) in [6, 6.07) is 10.5. The van der Waals surface area contributed by atoms with Gasteiger partial charge in [0, 0.05) is 44.5 Å². The Morgan fingerprint density at radius 3 is 2.86 bits per heavy atom. The zero-order valence-corrected chi connectivity index (χ0v) is 20.2. The van der Waals surface area contributed by atoms with Crippen LogP contribution in [0.4, 0.5) is 16.3 Å². The first-order valence-electron chi connectivity index (χ1n) is 11.9. The van der Waals surface area contributed by atoms with Crippen LogP contribution in [-0.4, -0.2) is 65.7 Å². The topological polar surface area (TPSA) is 151 Å². The number of likely N-dealkylation sites (N-methyl/N-ethyl adjacent to an activating group) is 1. The van der Waals surface area contributed by atoms with Gasteiger partial charge in [-0.15, -0.1) is 0 Å². The highest BCUT2D eigenvalue weighted by Crippen LogP contribution is 2.30. The number of anilines is 2. The molecule has 1 fully saturated rings. The smallest absolute Gasteiger partial charge is 0.331 e. The molecule has 3 heterocycles. The number of ether oxygens (including phenoxy) is 1. The number of nitrogens with one attached hydrogen (secondary N) is 2. The highest BCUT2D eigenvalue weighted by molar-refractivity contribution is 5.99. The molecule has 0 aliphatic carbocycles. The first kappa shape index (κ1) is 25.1. The molecule has 11 nitrogen and oxygen atoms in total. The van der Waals surface area contributed by atoms with Crippen LogP contribution in [0.1, 0.15) is 19.3 Å². The number of carbonyl (C=O) groups excluding carboxylic acids is 2. The minimum atomic E-state index is -0.354. The van der Waals surface area contributed by atoms with E-state index >= 15 is 0 Å². The summed E-state index contributed by atoms with van der Waals surface area (Å²) in [6.45, 7) is 2.37. The molecule has 2 aromatic heterocycles. The van der Waals surface area contributed by atoms with Crippen LogP contribution in [-0.2, 0) is 4.79 Å². The second kappa shape index (κ2) is 11.6. The molecular weight excluding hydrogens is 460 g/mol. The van der Waals surface area contributed by atoms with Crippen LogP contribution in [0.25, 0.3) is 11.0 Å². The van der Waals surface area contributed by atoms with Gasteiger partial charge in [-0.3, -0.25) is 9.36 Å². The number of hydrogen-bond donors (Lipinski definition) is 3. The predicted molar refractivity (Wildman–Crippen MR) is 136 cm³/mol. The van der Waals surface area contributed by atoms with Gasteiger partial charge in [-0.2, -0.15) is 5.26 Å². The fourth-order valence-electron chi connectivity index (χ4n) is 4.58. The molecule has 11 heteroatoms. The van der Waals surface area contributed by atoms with Gasteiger partial charge in [-0.05, 0) is 49.2 Å². The summed E-state index contributed by atoms with van der Waals surface area (Å²) >= 11 is 0. The summed E-state index contributed by atoms with van der Waals surface area (Å²) in [5.41, 5.74) is 6.55. The van der Waals surface area contributed by atoms with Gasteiger partial charge in [0.15, 0.2) is 5.65 Å². The van der Waals surface area contributed by atoms with Gasteiger partial charge in [-0.25, -0.2) is 14.8 Å². The van der Waals surface area contributed by atoms with E-state index in [9.17, 15) is 9.59 Å². The number of benzene rings is 1. The molecule has 0 radical (unpaired) electrons. The van der Waals surface area contributed by atoms with E-state index in [0.717, 1.165) is 18.4 Å². The van der Waals surface area contributed by atoms with Crippen molar-refractivity contribution in [1.82, 2.24) is 19.9 Å². The minimum absolute atomic E-state index is 0.0108. The van der Waals surface area contributed by atoms with Crippen LogP contribution in [0.2, 0.25) is 0 Å². The molecule has 4 N–H and O–H groups in total. The number of nitrogens with zero attached hydrogens (tertiary/aromatic N) is 5. The number of nitriles is 1. The molecule has 0 spiro atoms. The largest absolute Gasteiger partial charge is 0.492 e. The average molecular weight is 491 g/mol. The number of carbonyl (C=O) groups is 2. The van der Waals surface area contributed by atoms with Crippen molar-refractivity contribution in [3.8, 4) is 11.8 Å². The summed E-state index contributed by atoms with van der Waals surface area (Å²) in [5, 5.41) is 15.9. The number of aromatic nitrogens is 3. The highest BCUT2D eigenvalue weighted by Gasteiger charge is 2.31. The predicted octanol–water partition coefficient (Wildman–Crippen LogP) is 2.14. The molecule has 0 bridgehead atoms. The number of fused-ring (bicyclic) bond motifs is 1. The van der Waals surface area contributed by atoms with Gasteiger partial charge < -0.3 is 26.0 Å². The van der Waals surface area contributed by atoms with Gasteiger partial charge >= 0.3 is 6.03 Å². The van der Waals surface area contributed by atoms with E-state index in [1.165, 1.54) is 10.9 Å². The fraction of sp³-hybridized carbons (Fsp3) is 0.400. The standard InChI is InChI=1S/C25H30N8O3/c1-32(22-15-28-11-7-17(22)14-19(34)6-9-26)23-21-8-12-33(24(21)30-16-29-23)25(35)31-18-2-4-20(5-3-18)36-13-10-27/h2-5,8,12,16-17,22,28H,6-7,10-11,13-15,27H2,1H3,(H,31,35)/t17-,22+/m1/s1. The van der Waals surface area contributed by atoms with Crippen molar-refractivity contribution in [2.24, 2.45) is 11.7 Å². The second-order valence-electron chi connectivity index (χ2n) is 8.72. The molecule has 2 atom stereocenters. The molecule has 4 rings (SSSR count). The normalized spacial score (nSPS) is 17.4. The first-order valence-corrected chi connectivity index (χ1v) is 11.9. The van der Waals surface area contributed by atoms with E-state index in [4.69, 9.17) is 15.7 Å². The maximum atomic E-state index is 13.0. The van der Waals surface area contributed by atoms with Gasteiger partial charge in [0.25, 0.3) is 0 Å². The van der Waals surface area contributed by atoms with E-state index in [1.54, 1.807) is 30.5 Å². The van der Waals surface area contributed by atoms with Crippen molar-refractivity contribution in [1.29, 1.82) is 5.26 Å². The van der Waals surface area contributed by atoms with E-state index in [-0.39, 0.29) is 30.2 Å². The molecule has 36 heavy (non-hydrogen) atoms. The molecule has 1 amide bonds. The van der Waals surface area contributed by atoms with Gasteiger partial charge in [0.1, 0.15) is 30.3 Å². The number of Topliss-reactive ketones (excluding diaryl/α,β-unsaturated/α-hetero) is 1. The van der Waals surface area contributed by atoms with E-state index in [2.05, 4.69) is 20.6 Å². The first-order chi connectivity index (χ1) is 17.5. The summed E-state index contributed by atoms with van der Waals surface area (Å²) in [5.74, 6) is 1.41. The molecule has 1 aromatic carbocycles. The Balaban J connectivity index is 1.52. The van der Waals surface area contributed by atoms with Crippen molar-refractivity contribution in [2.75, 3.05) is 43.5 Å². The molecule has 188 valence electrons. The van der Waals surface area contributed by atoms with Crippen molar-refractivity contribution < 1.29 is 14.3 Å². The van der Waals surface area contributed by atoms with Crippen LogP contribution in [0, 0.1) is 17.2 Å². The summed E-state index contributed by atoms with van der Waals surface area (Å²) in [4.78, 5) is 36.1. The van der Waals surface area contributed by atoms with Crippen molar-refractivity contribution in [2.45, 2.75) is 25.3 Å². The molecule has 3 aromatic rings. The molecule has 0 saturated carbocycles. The van der Waals surface area contributed by atoms with Gasteiger partial charge in [0.2, 0.25) is 0 Å². The van der Waals surface area contributed by atoms with E-state index in [0.29, 0.717) is 49.0 Å². The molecule has 1 aliphatic rings. The third-order valence-electron chi connectivity index (χ3n) is 6.36. The lowest BCUT2D eigenvalue weighted by Crippen LogP contribution is -2.50. The number of hydrogen-bond acceptors (Lipinski definition) is 9. The lowest BCUT2D eigenvalue weighted by atomic mass is 9.86. The molecule has 1 aliphatic heterocycles. The van der Waals surface area contributed by atoms with Crippen molar-refractivity contribution >= 4 is 34.4 Å². The lowest BCUT2D eigenvalue weighted by molar-refractivity contribution is -0.119. The average Bonchev–Trinajstić information content (AvgIpc) is 3.33. The van der Waals surface area contributed by atoms with Crippen molar-refractivity contribution in [3.63, 3.8) is 0 Å². The summed E-state index contributed by atoms with van der Waals surface area (Å²) in [6.07, 6.45) is 4.22. The Kier molecular flexibility index (Phi) is 8.10. The van der Waals surface area contributed by atoms with Gasteiger partial charge in [0.05, 0.1) is 17.9 Å². The Hall–Kier alpha value is -4.01. The van der Waals surface area contributed by atoms with Crippen LogP contribution in [0.15, 0.2) is 42.9 Å². The third-order valence-corrected chi connectivity index (χ3v) is 6.36. The molecule has 0 unspecified atom stereocenters. The van der Waals surface area contributed by atoms with Gasteiger partial charge in [-0.1, -0.05) is 0 Å². The number of piperidine rings is 1. The molecule has 1 saturated heterocycles. The Morgan fingerprint density at radius 1 is 1.31 bits per heavy atom. The SMILES string of the molecule is CN(c1ncnc2c1ccn2C(=O)Nc1ccc(OCCN)cc1)[C@H]1CNCC[C@@H]1CC(=O)CC#N. The quantitative estimate of drug-likeness (QED) is 0.410. The number of ketones is 1. The Bertz CT molecular complexity index is 1250. The zero-order valence-electron chi connectivity index (χ0n) is 20.2. The van der Waals surface area contributed by atoms with Crippen LogP contribution >= 0.6 is 0 Å². The Morgan fingerprint density at radius 2 is 2.11 bits per heavy atom. The minimum Gasteiger partial charge on any atom is -0.492 e. The number of nitrogens with two attached hydrogens (primary N) is 1. The third kappa shape index (κ3) is 5.62. The van der Waals surface area contributed by atoms with Crippen molar-refractivity contribution in [3.05, 3.63) is 42.9 Å². The number of amides is 1. The highest BCUT2D eigenvalue weighted by atomic mass is 16.5. The maximum absolute atomic E-state index is 13.0. The van der Waals surface area contributed by atoms with Crippen LogP contribution in [0.5, 0.6) is 5.75 Å². The number of rotatable bonds is 9. The van der Waals surface area contributed by atoms with E-state index in [1.807, 2.05) is 24.1 Å².